The maximum Gasteiger partial charge on any atom is 0.303 e. The van der Waals surface area contributed by atoms with Gasteiger partial charge >= 0.3 is 5.97 Å². The maximum atomic E-state index is 10.8. The van der Waals surface area contributed by atoms with Crippen LogP contribution < -0.4 is 4.74 Å². The molecule has 146 valence electrons. The summed E-state index contributed by atoms with van der Waals surface area (Å²) in [5.74, 6) is 0.804. The van der Waals surface area contributed by atoms with Crippen LogP contribution in [0.1, 0.15) is 30.4 Å². The van der Waals surface area contributed by atoms with Crippen LogP contribution in [0.25, 0.3) is 22.4 Å². The van der Waals surface area contributed by atoms with E-state index >= 15 is 0 Å². The second-order valence-electron chi connectivity index (χ2n) is 7.16. The zero-order valence-corrected chi connectivity index (χ0v) is 16.1. The van der Waals surface area contributed by atoms with Gasteiger partial charge in [-0.25, -0.2) is 4.98 Å². The van der Waals surface area contributed by atoms with E-state index < -0.39 is 5.97 Å². The number of hydrogen-bond acceptors (Lipinski definition) is 3. The number of nitrogens with one attached hydrogen (secondary N) is 1. The Morgan fingerprint density at radius 2 is 1.76 bits per heavy atom. The fraction of sp³-hybridized carbons (Fsp3) is 0.167. The molecular weight excluding hydrogens is 364 g/mol. The molecule has 1 heterocycles. The van der Waals surface area contributed by atoms with Crippen LogP contribution in [0.2, 0.25) is 0 Å². The Morgan fingerprint density at radius 1 is 1.03 bits per heavy atom. The van der Waals surface area contributed by atoms with Gasteiger partial charge in [0.15, 0.2) is 0 Å². The van der Waals surface area contributed by atoms with E-state index in [-0.39, 0.29) is 12.3 Å². The molecule has 5 nitrogen and oxygen atoms in total. The number of carboxylic acid groups (broad SMARTS) is 1. The lowest BCUT2D eigenvalue weighted by molar-refractivity contribution is -0.137. The van der Waals surface area contributed by atoms with Crippen LogP contribution >= 0.6 is 0 Å². The monoisotopic (exact) mass is 386 g/mol. The molecule has 0 aliphatic heterocycles. The van der Waals surface area contributed by atoms with Gasteiger partial charge in [0, 0.05) is 5.56 Å². The highest BCUT2D eigenvalue weighted by molar-refractivity contribution is 5.79. The first-order valence-electron chi connectivity index (χ1n) is 9.57. The molecule has 0 radical (unpaired) electrons. The highest BCUT2D eigenvalue weighted by Gasteiger charge is 2.10. The van der Waals surface area contributed by atoms with E-state index in [2.05, 4.69) is 9.97 Å². The number of hydrogen-bond donors (Lipinski definition) is 2. The van der Waals surface area contributed by atoms with Gasteiger partial charge < -0.3 is 14.8 Å². The first-order chi connectivity index (χ1) is 14.1. The van der Waals surface area contributed by atoms with Crippen LogP contribution in [0.15, 0.2) is 72.8 Å². The highest BCUT2D eigenvalue weighted by atomic mass is 16.5. The summed E-state index contributed by atoms with van der Waals surface area (Å²) in [5.41, 5.74) is 5.07. The number of carbonyl (C=O) groups is 1. The number of imidazole rings is 1. The largest absolute Gasteiger partial charge is 0.489 e. The topological polar surface area (TPSA) is 75.2 Å². The minimum atomic E-state index is -0.788. The van der Waals surface area contributed by atoms with Gasteiger partial charge in [0.1, 0.15) is 18.2 Å². The van der Waals surface area contributed by atoms with Gasteiger partial charge in [0.05, 0.1) is 17.5 Å². The zero-order valence-electron chi connectivity index (χ0n) is 16.1. The Hall–Kier alpha value is -3.60. The summed E-state index contributed by atoms with van der Waals surface area (Å²) in [4.78, 5) is 18.8. The average Bonchev–Trinajstić information content (AvgIpc) is 3.17. The van der Waals surface area contributed by atoms with Gasteiger partial charge in [-0.05, 0) is 41.3 Å². The van der Waals surface area contributed by atoms with Gasteiger partial charge in [0.25, 0.3) is 0 Å². The molecule has 0 aliphatic carbocycles. The summed E-state index contributed by atoms with van der Waals surface area (Å²) in [6.45, 7) is 2.37. The quantitative estimate of drug-likeness (QED) is 0.447. The molecule has 0 aliphatic rings. The van der Waals surface area contributed by atoms with Crippen LogP contribution in [0.5, 0.6) is 5.75 Å². The molecule has 0 saturated carbocycles. The summed E-state index contributed by atoms with van der Waals surface area (Å²) in [6, 6.07) is 23.7. The fourth-order valence-corrected chi connectivity index (χ4v) is 3.29. The first kappa shape index (κ1) is 18.7. The number of H-pyrrole nitrogens is 1. The lowest BCUT2D eigenvalue weighted by Gasteiger charge is -2.11. The van der Waals surface area contributed by atoms with E-state index in [0.29, 0.717) is 6.61 Å². The van der Waals surface area contributed by atoms with Crippen molar-refractivity contribution in [2.75, 3.05) is 0 Å². The number of carboxylic acids is 1. The molecule has 0 saturated heterocycles. The van der Waals surface area contributed by atoms with Crippen molar-refractivity contribution in [2.45, 2.75) is 25.9 Å². The highest BCUT2D eigenvalue weighted by Crippen LogP contribution is 2.24. The first-order valence-corrected chi connectivity index (χ1v) is 9.57. The molecule has 2 N–H and O–H groups in total. The summed E-state index contributed by atoms with van der Waals surface area (Å²) in [7, 11) is 0. The average molecular weight is 386 g/mol. The van der Waals surface area contributed by atoms with Crippen molar-refractivity contribution < 1.29 is 14.6 Å². The molecule has 4 aromatic rings. The molecule has 0 bridgehead atoms. The standard InChI is InChI=1S/C24H22N2O3/c1-16(14-23(27)28)18-10-12-20(13-11-18)29-15-17-6-8-19(9-7-17)24-25-21-4-2-3-5-22(21)26-24/h2-13,16H,14-15H2,1H3,(H,25,26)(H,27,28). The number of aromatic amines is 1. The van der Waals surface area contributed by atoms with Crippen LogP contribution in [0.4, 0.5) is 0 Å². The normalized spacial score (nSPS) is 12.0. The molecule has 1 unspecified atom stereocenters. The van der Waals surface area contributed by atoms with Gasteiger partial charge in [0.2, 0.25) is 0 Å². The SMILES string of the molecule is CC(CC(=O)O)c1ccc(OCc2ccc(-c3nc4ccccc4[nH]3)cc2)cc1. The lowest BCUT2D eigenvalue weighted by Crippen LogP contribution is -2.03. The third-order valence-corrected chi connectivity index (χ3v) is 4.95. The van der Waals surface area contributed by atoms with E-state index in [1.54, 1.807) is 0 Å². The number of nitrogens with zero attached hydrogens (tertiary/aromatic N) is 1. The van der Waals surface area contributed by atoms with Crippen molar-refractivity contribution in [1.82, 2.24) is 9.97 Å². The van der Waals surface area contributed by atoms with Crippen molar-refractivity contribution in [2.24, 2.45) is 0 Å². The third kappa shape index (κ3) is 4.46. The number of para-hydroxylation sites is 2. The van der Waals surface area contributed by atoms with Crippen molar-refractivity contribution in [3.05, 3.63) is 83.9 Å². The van der Waals surface area contributed by atoms with Gasteiger partial charge in [-0.1, -0.05) is 55.5 Å². The number of rotatable bonds is 7. The number of fused-ring (bicyclic) bond motifs is 1. The Labute approximate surface area is 169 Å². The molecule has 0 fully saturated rings. The predicted octanol–water partition coefficient (Wildman–Crippen LogP) is 5.39. The van der Waals surface area contributed by atoms with Gasteiger partial charge in [-0.15, -0.1) is 0 Å². The van der Waals surface area contributed by atoms with Crippen LogP contribution in [0, 0.1) is 0 Å². The van der Waals surface area contributed by atoms with E-state index in [9.17, 15) is 4.79 Å². The minimum Gasteiger partial charge on any atom is -0.489 e. The summed E-state index contributed by atoms with van der Waals surface area (Å²) < 4.78 is 5.86. The molecule has 1 atom stereocenters. The molecule has 4 rings (SSSR count). The molecule has 1 aromatic heterocycles. The minimum absolute atomic E-state index is 0.0210. The van der Waals surface area contributed by atoms with E-state index in [0.717, 1.165) is 39.3 Å². The van der Waals surface area contributed by atoms with Gasteiger partial charge in [-0.2, -0.15) is 0 Å². The Bertz CT molecular complexity index is 1080. The summed E-state index contributed by atoms with van der Waals surface area (Å²) >= 11 is 0. The summed E-state index contributed by atoms with van der Waals surface area (Å²) in [5, 5.41) is 8.91. The van der Waals surface area contributed by atoms with Crippen LogP contribution in [0.3, 0.4) is 0 Å². The van der Waals surface area contributed by atoms with E-state index in [1.807, 2.05) is 79.7 Å². The maximum absolute atomic E-state index is 10.8. The Kier molecular flexibility index (Phi) is 5.29. The fourth-order valence-electron chi connectivity index (χ4n) is 3.29. The number of aliphatic carboxylic acids is 1. The molecule has 0 spiro atoms. The summed E-state index contributed by atoms with van der Waals surface area (Å²) in [6.07, 6.45) is 0.123. The third-order valence-electron chi connectivity index (χ3n) is 4.95. The Balaban J connectivity index is 1.38. The smallest absolute Gasteiger partial charge is 0.303 e. The zero-order chi connectivity index (χ0) is 20.2. The lowest BCUT2D eigenvalue weighted by atomic mass is 9.98. The van der Waals surface area contributed by atoms with Crippen molar-refractivity contribution >= 4 is 17.0 Å². The molecule has 5 heteroatoms. The number of aromatic nitrogens is 2. The van der Waals surface area contributed by atoms with Crippen LogP contribution in [-0.2, 0) is 11.4 Å². The van der Waals surface area contributed by atoms with E-state index in [4.69, 9.17) is 9.84 Å². The second-order valence-corrected chi connectivity index (χ2v) is 7.16. The Morgan fingerprint density at radius 3 is 2.45 bits per heavy atom. The number of benzene rings is 3. The van der Waals surface area contributed by atoms with E-state index in [1.165, 1.54) is 0 Å². The molecule has 29 heavy (non-hydrogen) atoms. The van der Waals surface area contributed by atoms with Crippen molar-refractivity contribution in [1.29, 1.82) is 0 Å². The number of ether oxygens (including phenoxy) is 1. The van der Waals surface area contributed by atoms with Crippen LogP contribution in [-0.4, -0.2) is 21.0 Å². The second kappa shape index (κ2) is 8.19. The van der Waals surface area contributed by atoms with Crippen molar-refractivity contribution in [3.63, 3.8) is 0 Å². The molecule has 0 amide bonds. The molecule has 3 aromatic carbocycles. The van der Waals surface area contributed by atoms with Gasteiger partial charge in [-0.3, -0.25) is 4.79 Å². The molecular formula is C24H22N2O3. The predicted molar refractivity (Wildman–Crippen MR) is 113 cm³/mol. The van der Waals surface area contributed by atoms with Crippen molar-refractivity contribution in [3.8, 4) is 17.1 Å².